The zero-order valence-electron chi connectivity index (χ0n) is 14.0. The third kappa shape index (κ3) is 8.63. The first-order valence-corrected chi connectivity index (χ1v) is 7.75. The van der Waals surface area contributed by atoms with Crippen LogP contribution in [0.2, 0.25) is 0 Å². The van der Waals surface area contributed by atoms with Gasteiger partial charge in [-0.3, -0.25) is 9.67 Å². The second-order valence-electron chi connectivity index (χ2n) is 5.01. The van der Waals surface area contributed by atoms with E-state index in [0.717, 1.165) is 44.9 Å². The molecule has 126 valence electrons. The quantitative estimate of drug-likeness (QED) is 0.355. The molecular weight excluding hydrogens is 282 g/mol. The van der Waals surface area contributed by atoms with E-state index in [9.17, 15) is 0 Å². The largest absolute Gasteiger partial charge is 0.382 e. The van der Waals surface area contributed by atoms with Crippen molar-refractivity contribution in [1.82, 2.24) is 20.4 Å². The molecular formula is C15H29N5O2. The first-order valence-electron chi connectivity index (χ1n) is 7.75. The van der Waals surface area contributed by atoms with Gasteiger partial charge in [0.15, 0.2) is 5.96 Å². The summed E-state index contributed by atoms with van der Waals surface area (Å²) in [6, 6.07) is 0. The van der Waals surface area contributed by atoms with Gasteiger partial charge >= 0.3 is 0 Å². The van der Waals surface area contributed by atoms with Gasteiger partial charge in [0, 0.05) is 47.1 Å². The van der Waals surface area contributed by atoms with Gasteiger partial charge in [-0.15, -0.1) is 0 Å². The molecule has 0 spiro atoms. The molecule has 22 heavy (non-hydrogen) atoms. The highest BCUT2D eigenvalue weighted by molar-refractivity contribution is 5.79. The maximum atomic E-state index is 5.41. The highest BCUT2D eigenvalue weighted by Crippen LogP contribution is 1.99. The van der Waals surface area contributed by atoms with Crippen molar-refractivity contribution in [1.29, 1.82) is 0 Å². The minimum atomic E-state index is 0.646. The molecule has 0 fully saturated rings. The Balaban J connectivity index is 2.00. The van der Waals surface area contributed by atoms with E-state index >= 15 is 0 Å². The highest BCUT2D eigenvalue weighted by atomic mass is 16.5. The summed E-state index contributed by atoms with van der Waals surface area (Å²) in [4.78, 5) is 4.20. The van der Waals surface area contributed by atoms with Crippen LogP contribution in [-0.4, -0.2) is 62.8 Å². The number of methoxy groups -OCH3 is 1. The van der Waals surface area contributed by atoms with Crippen molar-refractivity contribution >= 4 is 5.96 Å². The average molecular weight is 311 g/mol. The molecule has 0 saturated heterocycles. The Morgan fingerprint density at radius 3 is 2.64 bits per heavy atom. The van der Waals surface area contributed by atoms with Crippen LogP contribution < -0.4 is 10.6 Å². The van der Waals surface area contributed by atoms with Gasteiger partial charge in [-0.2, -0.15) is 5.10 Å². The minimum Gasteiger partial charge on any atom is -0.382 e. The smallest absolute Gasteiger partial charge is 0.190 e. The Hall–Kier alpha value is -1.60. The first kappa shape index (κ1) is 18.4. The molecule has 0 saturated carbocycles. The number of aromatic nitrogens is 2. The van der Waals surface area contributed by atoms with Crippen LogP contribution in [0.15, 0.2) is 17.4 Å². The number of hydrogen-bond donors (Lipinski definition) is 2. The number of hydrogen-bond acceptors (Lipinski definition) is 4. The van der Waals surface area contributed by atoms with E-state index in [-0.39, 0.29) is 0 Å². The summed E-state index contributed by atoms with van der Waals surface area (Å²) in [5.74, 6) is 0.836. The fourth-order valence-corrected chi connectivity index (χ4v) is 1.95. The summed E-state index contributed by atoms with van der Waals surface area (Å²) >= 11 is 0. The van der Waals surface area contributed by atoms with Gasteiger partial charge in [0.2, 0.25) is 0 Å². The van der Waals surface area contributed by atoms with Crippen LogP contribution in [0.25, 0.3) is 0 Å². The van der Waals surface area contributed by atoms with Crippen LogP contribution in [-0.2, 0) is 22.9 Å². The Bertz CT molecular complexity index is 420. The van der Waals surface area contributed by atoms with E-state index in [1.165, 1.54) is 5.56 Å². The number of aryl methyl sites for hydroxylation is 2. The van der Waals surface area contributed by atoms with Gasteiger partial charge in [-0.25, -0.2) is 0 Å². The van der Waals surface area contributed by atoms with Gasteiger partial charge in [0.25, 0.3) is 0 Å². The van der Waals surface area contributed by atoms with Crippen LogP contribution in [0.1, 0.15) is 18.4 Å². The average Bonchev–Trinajstić information content (AvgIpc) is 2.94. The molecule has 0 aromatic carbocycles. The number of guanidine groups is 1. The van der Waals surface area contributed by atoms with Crippen molar-refractivity contribution in [2.45, 2.75) is 19.3 Å². The van der Waals surface area contributed by atoms with Crippen molar-refractivity contribution in [3.8, 4) is 0 Å². The maximum absolute atomic E-state index is 5.41. The highest BCUT2D eigenvalue weighted by Gasteiger charge is 1.99. The van der Waals surface area contributed by atoms with E-state index in [1.54, 1.807) is 14.2 Å². The van der Waals surface area contributed by atoms with Crippen molar-refractivity contribution in [2.75, 3.05) is 47.1 Å². The molecule has 7 heteroatoms. The second-order valence-corrected chi connectivity index (χ2v) is 5.01. The molecule has 2 N–H and O–H groups in total. The summed E-state index contributed by atoms with van der Waals surface area (Å²) in [7, 11) is 5.40. The monoisotopic (exact) mass is 311 g/mol. The van der Waals surface area contributed by atoms with Crippen molar-refractivity contribution in [3.63, 3.8) is 0 Å². The molecule has 0 atom stereocenters. The molecule has 0 radical (unpaired) electrons. The molecule has 0 aliphatic rings. The third-order valence-corrected chi connectivity index (χ3v) is 3.11. The predicted molar refractivity (Wildman–Crippen MR) is 88.2 cm³/mol. The first-order chi connectivity index (χ1) is 10.8. The van der Waals surface area contributed by atoms with Crippen LogP contribution in [0.5, 0.6) is 0 Å². The predicted octanol–water partition coefficient (Wildman–Crippen LogP) is 0.571. The fraction of sp³-hybridized carbons (Fsp3) is 0.733. The normalized spacial score (nSPS) is 11.7. The van der Waals surface area contributed by atoms with Crippen molar-refractivity contribution in [2.24, 2.45) is 12.0 Å². The van der Waals surface area contributed by atoms with Crippen molar-refractivity contribution in [3.05, 3.63) is 18.0 Å². The Labute approximate surface area is 133 Å². The lowest BCUT2D eigenvalue weighted by Gasteiger charge is -2.11. The van der Waals surface area contributed by atoms with Gasteiger partial charge in [-0.1, -0.05) is 0 Å². The van der Waals surface area contributed by atoms with Crippen LogP contribution in [0.4, 0.5) is 0 Å². The molecule has 1 rings (SSSR count). The Morgan fingerprint density at radius 1 is 1.23 bits per heavy atom. The molecule has 0 aliphatic carbocycles. The van der Waals surface area contributed by atoms with Gasteiger partial charge in [-0.05, 0) is 24.8 Å². The summed E-state index contributed by atoms with van der Waals surface area (Å²) in [5, 5.41) is 10.7. The van der Waals surface area contributed by atoms with E-state index in [0.29, 0.717) is 13.2 Å². The summed E-state index contributed by atoms with van der Waals surface area (Å²) in [6.07, 6.45) is 6.98. The fourth-order valence-electron chi connectivity index (χ4n) is 1.95. The SMILES string of the molecule is CN=C(NCCCOCCOC)NCCCc1cnn(C)c1. The number of ether oxygens (including phenoxy) is 2. The topological polar surface area (TPSA) is 72.7 Å². The molecule has 1 aromatic rings. The van der Waals surface area contributed by atoms with Gasteiger partial charge < -0.3 is 20.1 Å². The van der Waals surface area contributed by atoms with Crippen LogP contribution in [0.3, 0.4) is 0 Å². The third-order valence-electron chi connectivity index (χ3n) is 3.11. The zero-order chi connectivity index (χ0) is 16.0. The summed E-state index contributed by atoms with van der Waals surface area (Å²) in [5.41, 5.74) is 1.26. The lowest BCUT2D eigenvalue weighted by molar-refractivity contribution is 0.0698. The van der Waals surface area contributed by atoms with E-state index in [4.69, 9.17) is 9.47 Å². The Kier molecular flexibility index (Phi) is 10.1. The molecule has 0 bridgehead atoms. The molecule has 0 amide bonds. The summed E-state index contributed by atoms with van der Waals surface area (Å²) in [6.45, 7) is 3.76. The van der Waals surface area contributed by atoms with E-state index in [1.807, 2.05) is 17.9 Å². The standard InChI is InChI=1S/C15H29N5O2/c1-16-15(18-8-5-9-22-11-10-21-3)17-7-4-6-14-12-19-20(2)13-14/h12-13H,4-11H2,1-3H3,(H2,16,17,18). The number of aliphatic imine (C=N–C) groups is 1. The lowest BCUT2D eigenvalue weighted by atomic mass is 10.2. The Morgan fingerprint density at radius 2 is 2.00 bits per heavy atom. The molecule has 0 aliphatic heterocycles. The molecule has 7 nitrogen and oxygen atoms in total. The van der Waals surface area contributed by atoms with E-state index < -0.39 is 0 Å². The second kappa shape index (κ2) is 12.0. The zero-order valence-corrected chi connectivity index (χ0v) is 14.0. The van der Waals surface area contributed by atoms with E-state index in [2.05, 4.69) is 26.9 Å². The van der Waals surface area contributed by atoms with Crippen LogP contribution >= 0.6 is 0 Å². The van der Waals surface area contributed by atoms with Gasteiger partial charge in [0.05, 0.1) is 19.4 Å². The maximum Gasteiger partial charge on any atom is 0.190 e. The number of nitrogens with zero attached hydrogens (tertiary/aromatic N) is 3. The number of nitrogens with one attached hydrogen (secondary N) is 2. The molecule has 1 aromatic heterocycles. The minimum absolute atomic E-state index is 0.646. The lowest BCUT2D eigenvalue weighted by Crippen LogP contribution is -2.38. The number of rotatable bonds is 11. The van der Waals surface area contributed by atoms with Gasteiger partial charge in [0.1, 0.15) is 0 Å². The van der Waals surface area contributed by atoms with Crippen LogP contribution in [0, 0.1) is 0 Å². The summed E-state index contributed by atoms with van der Waals surface area (Å²) < 4.78 is 12.2. The molecule has 1 heterocycles. The van der Waals surface area contributed by atoms with Crippen molar-refractivity contribution < 1.29 is 9.47 Å². The molecule has 0 unspecified atom stereocenters.